The first kappa shape index (κ1) is 16.7. The first-order valence-corrected chi connectivity index (χ1v) is 7.98. The van der Waals surface area contributed by atoms with Crippen LogP contribution in [0, 0.1) is 0 Å². The zero-order chi connectivity index (χ0) is 18.0. The topological polar surface area (TPSA) is 78.5 Å². The van der Waals surface area contributed by atoms with Gasteiger partial charge in [0.2, 0.25) is 11.8 Å². The smallest absolute Gasteiger partial charge is 0.251 e. The lowest BCUT2D eigenvalue weighted by Gasteiger charge is -2.11. The maximum absolute atomic E-state index is 12.2. The van der Waals surface area contributed by atoms with Crippen LogP contribution in [-0.2, 0) is 22.6 Å². The summed E-state index contributed by atoms with van der Waals surface area (Å²) < 4.78 is 0. The van der Waals surface area contributed by atoms with Gasteiger partial charge in [-0.25, -0.2) is 0 Å². The molecule has 6 heteroatoms. The molecule has 0 atom stereocenters. The van der Waals surface area contributed by atoms with E-state index < -0.39 is 0 Å². The van der Waals surface area contributed by atoms with Crippen molar-refractivity contribution in [2.24, 2.45) is 0 Å². The quantitative estimate of drug-likeness (QED) is 0.897. The molecular formula is C19H19N3O3. The van der Waals surface area contributed by atoms with E-state index in [2.05, 4.69) is 10.6 Å². The van der Waals surface area contributed by atoms with Gasteiger partial charge in [0.15, 0.2) is 0 Å². The summed E-state index contributed by atoms with van der Waals surface area (Å²) in [5.41, 5.74) is 4.03. The van der Waals surface area contributed by atoms with Crippen LogP contribution in [0.4, 0.5) is 11.4 Å². The highest BCUT2D eigenvalue weighted by molar-refractivity contribution is 6.01. The average Bonchev–Trinajstić information content (AvgIpc) is 2.87. The van der Waals surface area contributed by atoms with Crippen LogP contribution in [0.25, 0.3) is 0 Å². The lowest BCUT2D eigenvalue weighted by atomic mass is 10.1. The Morgan fingerprint density at radius 3 is 2.52 bits per heavy atom. The van der Waals surface area contributed by atoms with Gasteiger partial charge >= 0.3 is 0 Å². The molecule has 2 aromatic rings. The molecule has 2 aromatic carbocycles. The summed E-state index contributed by atoms with van der Waals surface area (Å²) in [5.74, 6) is -0.267. The van der Waals surface area contributed by atoms with Crippen LogP contribution in [0.5, 0.6) is 0 Å². The SMILES string of the molecule is CC(=O)Nc1ccc(C(=O)NCc2ccc3c(c2)CC(=O)N3C)cc1. The second-order valence-corrected chi connectivity index (χ2v) is 6.03. The molecule has 1 heterocycles. The molecule has 1 aliphatic rings. The van der Waals surface area contributed by atoms with E-state index in [4.69, 9.17) is 0 Å². The van der Waals surface area contributed by atoms with Gasteiger partial charge in [0.25, 0.3) is 5.91 Å². The number of rotatable bonds is 4. The second-order valence-electron chi connectivity index (χ2n) is 6.03. The van der Waals surface area contributed by atoms with Crippen molar-refractivity contribution in [1.82, 2.24) is 5.32 Å². The molecule has 0 radical (unpaired) electrons. The minimum absolute atomic E-state index is 0.0791. The van der Waals surface area contributed by atoms with Gasteiger partial charge in [-0.1, -0.05) is 12.1 Å². The van der Waals surface area contributed by atoms with Gasteiger partial charge in [-0.2, -0.15) is 0 Å². The largest absolute Gasteiger partial charge is 0.348 e. The van der Waals surface area contributed by atoms with E-state index >= 15 is 0 Å². The first-order valence-electron chi connectivity index (χ1n) is 7.98. The molecule has 0 bridgehead atoms. The van der Waals surface area contributed by atoms with Crippen molar-refractivity contribution in [2.75, 3.05) is 17.3 Å². The van der Waals surface area contributed by atoms with Crippen LogP contribution in [0.15, 0.2) is 42.5 Å². The molecule has 3 rings (SSSR count). The Bertz CT molecular complexity index is 843. The number of carbonyl (C=O) groups is 3. The van der Waals surface area contributed by atoms with E-state index in [1.54, 1.807) is 36.2 Å². The fraction of sp³-hybridized carbons (Fsp3) is 0.211. The number of amides is 3. The monoisotopic (exact) mass is 337 g/mol. The number of nitrogens with one attached hydrogen (secondary N) is 2. The fourth-order valence-electron chi connectivity index (χ4n) is 2.83. The van der Waals surface area contributed by atoms with E-state index in [9.17, 15) is 14.4 Å². The van der Waals surface area contributed by atoms with Crippen molar-refractivity contribution in [3.05, 3.63) is 59.2 Å². The number of hydrogen-bond donors (Lipinski definition) is 2. The highest BCUT2D eigenvalue weighted by atomic mass is 16.2. The van der Waals surface area contributed by atoms with Crippen LogP contribution >= 0.6 is 0 Å². The van der Waals surface area contributed by atoms with Crippen LogP contribution in [0.3, 0.4) is 0 Å². The lowest BCUT2D eigenvalue weighted by Crippen LogP contribution is -2.22. The summed E-state index contributed by atoms with van der Waals surface area (Å²) in [5, 5.41) is 5.52. The zero-order valence-electron chi connectivity index (χ0n) is 14.1. The molecule has 3 amide bonds. The number of anilines is 2. The molecule has 25 heavy (non-hydrogen) atoms. The third-order valence-corrected chi connectivity index (χ3v) is 4.14. The summed E-state index contributed by atoms with van der Waals surface area (Å²) in [6, 6.07) is 12.5. The lowest BCUT2D eigenvalue weighted by molar-refractivity contribution is -0.117. The fourth-order valence-corrected chi connectivity index (χ4v) is 2.83. The van der Waals surface area contributed by atoms with E-state index in [0.717, 1.165) is 16.8 Å². The second kappa shape index (κ2) is 6.76. The van der Waals surface area contributed by atoms with E-state index in [1.807, 2.05) is 18.2 Å². The molecule has 0 aliphatic carbocycles. The predicted octanol–water partition coefficient (Wildman–Crippen LogP) is 2.09. The highest BCUT2D eigenvalue weighted by Crippen LogP contribution is 2.28. The van der Waals surface area contributed by atoms with E-state index in [0.29, 0.717) is 24.2 Å². The molecule has 1 aliphatic heterocycles. The minimum atomic E-state index is -0.192. The van der Waals surface area contributed by atoms with Crippen LogP contribution in [0.2, 0.25) is 0 Å². The van der Waals surface area contributed by atoms with Gasteiger partial charge in [0.05, 0.1) is 6.42 Å². The molecule has 0 saturated heterocycles. The number of nitrogens with zero attached hydrogens (tertiary/aromatic N) is 1. The molecule has 2 N–H and O–H groups in total. The Kier molecular flexibility index (Phi) is 4.52. The van der Waals surface area contributed by atoms with Crippen LogP contribution in [-0.4, -0.2) is 24.8 Å². The summed E-state index contributed by atoms with van der Waals surface area (Å²) in [4.78, 5) is 36.6. The number of carbonyl (C=O) groups excluding carboxylic acids is 3. The maximum Gasteiger partial charge on any atom is 0.251 e. The molecular weight excluding hydrogens is 318 g/mol. The zero-order valence-corrected chi connectivity index (χ0v) is 14.1. The van der Waals surface area contributed by atoms with Crippen molar-refractivity contribution >= 4 is 29.1 Å². The van der Waals surface area contributed by atoms with Gasteiger partial charge in [-0.05, 0) is 41.5 Å². The van der Waals surface area contributed by atoms with Crippen molar-refractivity contribution in [3.8, 4) is 0 Å². The average molecular weight is 337 g/mol. The van der Waals surface area contributed by atoms with Crippen molar-refractivity contribution in [3.63, 3.8) is 0 Å². The standard InChI is InChI=1S/C19H19N3O3/c1-12(23)21-16-6-4-14(5-7-16)19(25)20-11-13-3-8-17-15(9-13)10-18(24)22(17)2/h3-9H,10-11H2,1-2H3,(H,20,25)(H,21,23). The highest BCUT2D eigenvalue weighted by Gasteiger charge is 2.23. The molecule has 0 spiro atoms. The molecule has 0 unspecified atom stereocenters. The molecule has 0 saturated carbocycles. The maximum atomic E-state index is 12.2. The third-order valence-electron chi connectivity index (χ3n) is 4.14. The Labute approximate surface area is 145 Å². The summed E-state index contributed by atoms with van der Waals surface area (Å²) in [6.07, 6.45) is 0.401. The van der Waals surface area contributed by atoms with Crippen molar-refractivity contribution in [1.29, 1.82) is 0 Å². The van der Waals surface area contributed by atoms with Crippen LogP contribution in [0.1, 0.15) is 28.4 Å². The van der Waals surface area contributed by atoms with Crippen LogP contribution < -0.4 is 15.5 Å². The summed E-state index contributed by atoms with van der Waals surface area (Å²) >= 11 is 0. The normalized spacial score (nSPS) is 12.7. The number of hydrogen-bond acceptors (Lipinski definition) is 3. The van der Waals surface area contributed by atoms with Gasteiger partial charge in [-0.15, -0.1) is 0 Å². The van der Waals surface area contributed by atoms with E-state index in [-0.39, 0.29) is 17.7 Å². The molecule has 128 valence electrons. The Balaban J connectivity index is 1.62. The minimum Gasteiger partial charge on any atom is -0.348 e. The molecule has 0 aromatic heterocycles. The molecule has 0 fully saturated rings. The Hall–Kier alpha value is -3.15. The summed E-state index contributed by atoms with van der Waals surface area (Å²) in [6.45, 7) is 1.82. The third kappa shape index (κ3) is 3.68. The van der Waals surface area contributed by atoms with E-state index in [1.165, 1.54) is 6.92 Å². The van der Waals surface area contributed by atoms with Gasteiger partial charge < -0.3 is 15.5 Å². The van der Waals surface area contributed by atoms with Gasteiger partial charge in [-0.3, -0.25) is 14.4 Å². The Morgan fingerprint density at radius 1 is 1.12 bits per heavy atom. The summed E-state index contributed by atoms with van der Waals surface area (Å²) in [7, 11) is 1.76. The van der Waals surface area contributed by atoms with Gasteiger partial charge in [0.1, 0.15) is 0 Å². The molecule has 6 nitrogen and oxygen atoms in total. The number of likely N-dealkylation sites (N-methyl/N-ethyl adjacent to an activating group) is 1. The van der Waals surface area contributed by atoms with Gasteiger partial charge in [0, 0.05) is 37.5 Å². The van der Waals surface area contributed by atoms with Crippen molar-refractivity contribution in [2.45, 2.75) is 19.9 Å². The Morgan fingerprint density at radius 2 is 1.84 bits per heavy atom. The number of fused-ring (bicyclic) bond motifs is 1. The predicted molar refractivity (Wildman–Crippen MR) is 95.5 cm³/mol. The first-order chi connectivity index (χ1) is 11.9. The number of benzene rings is 2. The van der Waals surface area contributed by atoms with Crippen molar-refractivity contribution < 1.29 is 14.4 Å².